The fraction of sp³-hybridized carbons (Fsp3) is 0.600. The molecule has 1 fully saturated rings. The summed E-state index contributed by atoms with van der Waals surface area (Å²) < 4.78 is 5.70. The fourth-order valence-corrected chi connectivity index (χ4v) is 3.78. The molecule has 1 aliphatic carbocycles. The van der Waals surface area contributed by atoms with Crippen LogP contribution in [-0.4, -0.2) is 12.7 Å². The van der Waals surface area contributed by atoms with Crippen molar-refractivity contribution in [3.63, 3.8) is 0 Å². The molecule has 17 heavy (non-hydrogen) atoms. The molecule has 1 aromatic rings. The second-order valence-corrected chi connectivity index (χ2v) is 6.38. The maximum Gasteiger partial charge on any atom is 0.0692 e. The monoisotopic (exact) mass is 296 g/mol. The summed E-state index contributed by atoms with van der Waals surface area (Å²) in [6.07, 6.45) is 4.79. The highest BCUT2D eigenvalue weighted by Crippen LogP contribution is 2.45. The van der Waals surface area contributed by atoms with Crippen molar-refractivity contribution >= 4 is 15.9 Å². The van der Waals surface area contributed by atoms with Crippen molar-refractivity contribution in [2.45, 2.75) is 50.0 Å². The summed E-state index contributed by atoms with van der Waals surface area (Å²) in [6, 6.07) is 6.69. The van der Waals surface area contributed by atoms with E-state index >= 15 is 0 Å². The van der Waals surface area contributed by atoms with E-state index in [1.165, 1.54) is 36.0 Å². The second kappa shape index (κ2) is 5.11. The summed E-state index contributed by atoms with van der Waals surface area (Å²) in [5, 5.41) is 0. The van der Waals surface area contributed by atoms with Crippen LogP contribution in [0.5, 0.6) is 0 Å². The van der Waals surface area contributed by atoms with Crippen molar-refractivity contribution in [3.8, 4) is 0 Å². The molecule has 0 spiro atoms. The van der Waals surface area contributed by atoms with E-state index in [0.29, 0.717) is 4.83 Å². The third-order valence-electron chi connectivity index (χ3n) is 4.01. The van der Waals surface area contributed by atoms with Crippen LogP contribution in [0, 0.1) is 13.8 Å². The Balaban J connectivity index is 2.11. The quantitative estimate of drug-likeness (QED) is 0.732. The molecule has 94 valence electrons. The van der Waals surface area contributed by atoms with Gasteiger partial charge in [-0.15, -0.1) is 0 Å². The van der Waals surface area contributed by atoms with Crippen molar-refractivity contribution in [1.82, 2.24) is 0 Å². The molecule has 0 saturated heterocycles. The molecule has 0 heterocycles. The van der Waals surface area contributed by atoms with Gasteiger partial charge in [-0.25, -0.2) is 0 Å². The number of halogens is 1. The van der Waals surface area contributed by atoms with E-state index in [0.717, 1.165) is 6.42 Å². The summed E-state index contributed by atoms with van der Waals surface area (Å²) in [5.74, 6) is 0. The number of hydrogen-bond donors (Lipinski definition) is 0. The molecule has 2 rings (SSSR count). The zero-order valence-corrected chi connectivity index (χ0v) is 12.5. The molecular weight excluding hydrogens is 276 g/mol. The Kier molecular flexibility index (Phi) is 3.94. The van der Waals surface area contributed by atoms with Crippen LogP contribution in [0.2, 0.25) is 0 Å². The van der Waals surface area contributed by atoms with Crippen LogP contribution < -0.4 is 0 Å². The Morgan fingerprint density at radius 1 is 1.35 bits per heavy atom. The predicted molar refractivity (Wildman–Crippen MR) is 75.8 cm³/mol. The number of hydrogen-bond acceptors (Lipinski definition) is 1. The lowest BCUT2D eigenvalue weighted by atomic mass is 9.76. The van der Waals surface area contributed by atoms with Crippen LogP contribution in [0.25, 0.3) is 0 Å². The van der Waals surface area contributed by atoms with Gasteiger partial charge in [0.05, 0.1) is 5.60 Å². The van der Waals surface area contributed by atoms with Crippen LogP contribution >= 0.6 is 15.9 Å². The number of rotatable bonds is 4. The van der Waals surface area contributed by atoms with Gasteiger partial charge in [0.25, 0.3) is 0 Å². The van der Waals surface area contributed by atoms with E-state index in [-0.39, 0.29) is 5.60 Å². The highest BCUT2D eigenvalue weighted by Gasteiger charge is 2.38. The Morgan fingerprint density at radius 3 is 2.53 bits per heavy atom. The molecule has 0 N–H and O–H groups in total. The van der Waals surface area contributed by atoms with Gasteiger partial charge >= 0.3 is 0 Å². The van der Waals surface area contributed by atoms with Crippen LogP contribution in [0.3, 0.4) is 0 Å². The third-order valence-corrected chi connectivity index (χ3v) is 4.83. The molecule has 0 bridgehead atoms. The first kappa shape index (κ1) is 13.1. The highest BCUT2D eigenvalue weighted by atomic mass is 79.9. The molecule has 1 atom stereocenters. The Bertz CT molecular complexity index is 390. The molecule has 0 aromatic heterocycles. The van der Waals surface area contributed by atoms with Gasteiger partial charge in [0.2, 0.25) is 0 Å². The van der Waals surface area contributed by atoms with Crippen LogP contribution in [0.4, 0.5) is 0 Å². The smallest absolute Gasteiger partial charge is 0.0692 e. The van der Waals surface area contributed by atoms with Gasteiger partial charge < -0.3 is 4.74 Å². The first-order valence-corrected chi connectivity index (χ1v) is 7.24. The van der Waals surface area contributed by atoms with Crippen molar-refractivity contribution in [3.05, 3.63) is 34.9 Å². The summed E-state index contributed by atoms with van der Waals surface area (Å²) in [6.45, 7) is 4.33. The van der Waals surface area contributed by atoms with Crippen molar-refractivity contribution in [1.29, 1.82) is 0 Å². The van der Waals surface area contributed by atoms with Crippen molar-refractivity contribution in [2.75, 3.05) is 7.11 Å². The summed E-state index contributed by atoms with van der Waals surface area (Å²) >= 11 is 3.83. The predicted octanol–water partition coefficient (Wildman–Crippen LogP) is 4.70. The van der Waals surface area contributed by atoms with E-state index in [2.05, 4.69) is 48.0 Å². The molecule has 1 saturated carbocycles. The first-order chi connectivity index (χ1) is 8.06. The SMILES string of the molecule is COC1(CC(Br)c2ccc(C)cc2C)CCC1. The molecule has 1 aromatic carbocycles. The Hall–Kier alpha value is -0.340. The van der Waals surface area contributed by atoms with Gasteiger partial charge in [-0.05, 0) is 50.7 Å². The minimum Gasteiger partial charge on any atom is -0.378 e. The third kappa shape index (κ3) is 2.74. The van der Waals surface area contributed by atoms with E-state index in [4.69, 9.17) is 4.74 Å². The van der Waals surface area contributed by atoms with Gasteiger partial charge in [0.1, 0.15) is 0 Å². The average molecular weight is 297 g/mol. The van der Waals surface area contributed by atoms with Crippen molar-refractivity contribution in [2.24, 2.45) is 0 Å². The number of ether oxygens (including phenoxy) is 1. The molecule has 0 radical (unpaired) electrons. The number of benzene rings is 1. The molecule has 2 heteroatoms. The van der Waals surface area contributed by atoms with Gasteiger partial charge in [0.15, 0.2) is 0 Å². The number of alkyl halides is 1. The lowest BCUT2D eigenvalue weighted by Crippen LogP contribution is -2.39. The summed E-state index contributed by atoms with van der Waals surface area (Å²) in [5.41, 5.74) is 4.23. The summed E-state index contributed by atoms with van der Waals surface area (Å²) in [4.78, 5) is 0.406. The molecular formula is C15H21BrO. The normalized spacial score (nSPS) is 19.8. The van der Waals surface area contributed by atoms with Crippen molar-refractivity contribution < 1.29 is 4.74 Å². The lowest BCUT2D eigenvalue weighted by Gasteiger charge is -2.42. The van der Waals surface area contributed by atoms with E-state index in [1.54, 1.807) is 0 Å². The topological polar surface area (TPSA) is 9.23 Å². The van der Waals surface area contributed by atoms with E-state index in [1.807, 2.05) is 7.11 Å². The Morgan fingerprint density at radius 2 is 2.06 bits per heavy atom. The van der Waals surface area contributed by atoms with Gasteiger partial charge in [-0.3, -0.25) is 0 Å². The largest absolute Gasteiger partial charge is 0.378 e. The zero-order chi connectivity index (χ0) is 12.5. The van der Waals surface area contributed by atoms with Crippen LogP contribution in [0.1, 0.15) is 47.2 Å². The fourth-order valence-electron chi connectivity index (χ4n) is 2.68. The second-order valence-electron chi connectivity index (χ2n) is 5.27. The molecule has 1 nitrogen and oxygen atoms in total. The van der Waals surface area contributed by atoms with E-state index in [9.17, 15) is 0 Å². The molecule has 1 unspecified atom stereocenters. The van der Waals surface area contributed by atoms with Gasteiger partial charge in [-0.1, -0.05) is 39.7 Å². The first-order valence-electron chi connectivity index (χ1n) is 6.33. The number of methoxy groups -OCH3 is 1. The minimum atomic E-state index is 0.130. The average Bonchev–Trinajstić information content (AvgIpc) is 2.23. The molecule has 0 aliphatic heterocycles. The molecule has 0 amide bonds. The number of aryl methyl sites for hydroxylation is 2. The van der Waals surface area contributed by atoms with Crippen LogP contribution in [0.15, 0.2) is 18.2 Å². The standard InChI is InChI=1S/C15H21BrO/c1-11-5-6-13(12(2)9-11)14(16)10-15(17-3)7-4-8-15/h5-6,9,14H,4,7-8,10H2,1-3H3. The highest BCUT2D eigenvalue weighted by molar-refractivity contribution is 9.09. The lowest BCUT2D eigenvalue weighted by molar-refractivity contribution is -0.0773. The maximum atomic E-state index is 5.70. The summed E-state index contributed by atoms with van der Waals surface area (Å²) in [7, 11) is 1.85. The zero-order valence-electron chi connectivity index (χ0n) is 10.9. The van der Waals surface area contributed by atoms with Gasteiger partial charge in [0, 0.05) is 11.9 Å². The minimum absolute atomic E-state index is 0.130. The Labute approximate surface area is 113 Å². The van der Waals surface area contributed by atoms with Gasteiger partial charge in [-0.2, -0.15) is 0 Å². The van der Waals surface area contributed by atoms with Crippen LogP contribution in [-0.2, 0) is 4.74 Å². The maximum absolute atomic E-state index is 5.70. The van der Waals surface area contributed by atoms with E-state index < -0.39 is 0 Å². The molecule has 1 aliphatic rings.